The van der Waals surface area contributed by atoms with Crippen molar-refractivity contribution in [2.75, 3.05) is 13.2 Å². The Morgan fingerprint density at radius 3 is 2.69 bits per heavy atom. The number of hydrogen-bond acceptors (Lipinski definition) is 2. The van der Waals surface area contributed by atoms with Crippen LogP contribution in [0.2, 0.25) is 0 Å². The lowest BCUT2D eigenvalue weighted by Crippen LogP contribution is -2.30. The fraction of sp³-hybridized carbons (Fsp3) is 0.500. The van der Waals surface area contributed by atoms with Gasteiger partial charge in [-0.2, -0.15) is 0 Å². The highest BCUT2D eigenvalue weighted by Gasteiger charge is 2.02. The summed E-state index contributed by atoms with van der Waals surface area (Å²) in [4.78, 5) is 0. The first-order chi connectivity index (χ1) is 7.63. The lowest BCUT2D eigenvalue weighted by atomic mass is 10.2. The average Bonchev–Trinajstić information content (AvgIpc) is 2.28. The zero-order valence-corrected chi connectivity index (χ0v) is 12.8. The SMILES string of the molecule is CCOCC(C)NCc1ccc(Br)c(Br)c1. The van der Waals surface area contributed by atoms with Gasteiger partial charge in [0, 0.05) is 28.1 Å². The predicted octanol–water partition coefficient (Wildman–Crippen LogP) is 3.73. The Bertz CT molecular complexity index is 331. The molecule has 1 rings (SSSR count). The minimum atomic E-state index is 0.377. The van der Waals surface area contributed by atoms with E-state index in [1.807, 2.05) is 13.0 Å². The van der Waals surface area contributed by atoms with E-state index < -0.39 is 0 Å². The van der Waals surface area contributed by atoms with Crippen molar-refractivity contribution in [1.82, 2.24) is 5.32 Å². The van der Waals surface area contributed by atoms with Crippen LogP contribution < -0.4 is 5.32 Å². The van der Waals surface area contributed by atoms with Gasteiger partial charge in [-0.25, -0.2) is 0 Å². The van der Waals surface area contributed by atoms with Crippen LogP contribution in [0.5, 0.6) is 0 Å². The van der Waals surface area contributed by atoms with Crippen molar-refractivity contribution in [3.05, 3.63) is 32.7 Å². The quantitative estimate of drug-likeness (QED) is 0.844. The van der Waals surface area contributed by atoms with Gasteiger partial charge in [0.1, 0.15) is 0 Å². The zero-order valence-electron chi connectivity index (χ0n) is 9.59. The molecule has 1 aromatic carbocycles. The summed E-state index contributed by atoms with van der Waals surface area (Å²) in [7, 11) is 0. The van der Waals surface area contributed by atoms with Gasteiger partial charge in [0.2, 0.25) is 0 Å². The summed E-state index contributed by atoms with van der Waals surface area (Å²) in [5.41, 5.74) is 1.26. The van der Waals surface area contributed by atoms with E-state index in [1.165, 1.54) is 5.56 Å². The predicted molar refractivity (Wildman–Crippen MR) is 74.6 cm³/mol. The number of benzene rings is 1. The molecule has 90 valence electrons. The topological polar surface area (TPSA) is 21.3 Å². The second kappa shape index (κ2) is 7.43. The maximum atomic E-state index is 5.35. The zero-order chi connectivity index (χ0) is 12.0. The molecule has 0 aliphatic heterocycles. The van der Waals surface area contributed by atoms with Gasteiger partial charge in [-0.15, -0.1) is 0 Å². The first-order valence-corrected chi connectivity index (χ1v) is 6.97. The van der Waals surface area contributed by atoms with E-state index in [1.54, 1.807) is 0 Å². The van der Waals surface area contributed by atoms with Crippen LogP contribution in [0.1, 0.15) is 19.4 Å². The molecule has 0 heterocycles. The monoisotopic (exact) mass is 349 g/mol. The number of rotatable bonds is 6. The Morgan fingerprint density at radius 2 is 2.06 bits per heavy atom. The third-order valence-electron chi connectivity index (χ3n) is 2.21. The van der Waals surface area contributed by atoms with E-state index >= 15 is 0 Å². The van der Waals surface area contributed by atoms with Crippen LogP contribution in [-0.2, 0) is 11.3 Å². The largest absolute Gasteiger partial charge is 0.380 e. The van der Waals surface area contributed by atoms with E-state index in [4.69, 9.17) is 4.74 Å². The number of halogens is 2. The van der Waals surface area contributed by atoms with Crippen LogP contribution in [0.4, 0.5) is 0 Å². The standard InChI is InChI=1S/C12H17Br2NO/c1-3-16-8-9(2)15-7-10-4-5-11(13)12(14)6-10/h4-6,9,15H,3,7-8H2,1-2H3. The number of nitrogens with one attached hydrogen (secondary N) is 1. The molecule has 0 saturated carbocycles. The van der Waals surface area contributed by atoms with E-state index in [0.717, 1.165) is 28.7 Å². The van der Waals surface area contributed by atoms with Gasteiger partial charge in [0.05, 0.1) is 6.61 Å². The van der Waals surface area contributed by atoms with Crippen molar-refractivity contribution in [2.45, 2.75) is 26.4 Å². The molecule has 1 aromatic rings. The van der Waals surface area contributed by atoms with Crippen LogP contribution in [0, 0.1) is 0 Å². The molecular weight excluding hydrogens is 334 g/mol. The van der Waals surface area contributed by atoms with Crippen LogP contribution >= 0.6 is 31.9 Å². The highest BCUT2D eigenvalue weighted by Crippen LogP contribution is 2.23. The molecule has 0 aliphatic rings. The van der Waals surface area contributed by atoms with Gasteiger partial charge in [0.15, 0.2) is 0 Å². The lowest BCUT2D eigenvalue weighted by molar-refractivity contribution is 0.127. The molecule has 2 nitrogen and oxygen atoms in total. The Kier molecular flexibility index (Phi) is 6.58. The summed E-state index contributed by atoms with van der Waals surface area (Å²) in [6, 6.07) is 6.65. The van der Waals surface area contributed by atoms with Crippen molar-refractivity contribution in [2.24, 2.45) is 0 Å². The molecule has 0 aliphatic carbocycles. The molecule has 0 aromatic heterocycles. The Hall–Kier alpha value is 0.1000. The van der Waals surface area contributed by atoms with Gasteiger partial charge in [-0.3, -0.25) is 0 Å². The van der Waals surface area contributed by atoms with Crippen molar-refractivity contribution in [3.63, 3.8) is 0 Å². The third-order valence-corrected chi connectivity index (χ3v) is 4.09. The molecule has 0 fully saturated rings. The van der Waals surface area contributed by atoms with Crippen molar-refractivity contribution in [3.8, 4) is 0 Å². The molecule has 0 amide bonds. The van der Waals surface area contributed by atoms with Crippen LogP contribution in [0.3, 0.4) is 0 Å². The maximum absolute atomic E-state index is 5.35. The van der Waals surface area contributed by atoms with Crippen LogP contribution in [0.25, 0.3) is 0 Å². The molecule has 0 saturated heterocycles. The summed E-state index contributed by atoms with van der Waals surface area (Å²) < 4.78 is 7.52. The van der Waals surface area contributed by atoms with Gasteiger partial charge in [-0.05, 0) is 63.4 Å². The Balaban J connectivity index is 2.39. The molecule has 0 bridgehead atoms. The third kappa shape index (κ3) is 4.95. The van der Waals surface area contributed by atoms with Crippen molar-refractivity contribution < 1.29 is 4.74 Å². The summed E-state index contributed by atoms with van der Waals surface area (Å²) in [6.45, 7) is 6.53. The van der Waals surface area contributed by atoms with Gasteiger partial charge in [-0.1, -0.05) is 6.07 Å². The van der Waals surface area contributed by atoms with E-state index in [2.05, 4.69) is 56.2 Å². The minimum absolute atomic E-state index is 0.377. The molecule has 1 N–H and O–H groups in total. The molecule has 16 heavy (non-hydrogen) atoms. The summed E-state index contributed by atoms with van der Waals surface area (Å²) >= 11 is 6.95. The second-order valence-electron chi connectivity index (χ2n) is 3.69. The molecular formula is C12H17Br2NO. The van der Waals surface area contributed by atoms with Crippen LogP contribution in [-0.4, -0.2) is 19.3 Å². The summed E-state index contributed by atoms with van der Waals surface area (Å²) in [5, 5.41) is 3.42. The van der Waals surface area contributed by atoms with E-state index in [0.29, 0.717) is 6.04 Å². The van der Waals surface area contributed by atoms with Gasteiger partial charge < -0.3 is 10.1 Å². The van der Waals surface area contributed by atoms with Gasteiger partial charge >= 0.3 is 0 Å². The smallest absolute Gasteiger partial charge is 0.0616 e. The highest BCUT2D eigenvalue weighted by atomic mass is 79.9. The lowest BCUT2D eigenvalue weighted by Gasteiger charge is -2.13. The fourth-order valence-corrected chi connectivity index (χ4v) is 1.97. The molecule has 1 atom stereocenters. The van der Waals surface area contributed by atoms with Crippen molar-refractivity contribution in [1.29, 1.82) is 0 Å². The Labute approximate surface area is 114 Å². The second-order valence-corrected chi connectivity index (χ2v) is 5.40. The Morgan fingerprint density at radius 1 is 1.31 bits per heavy atom. The van der Waals surface area contributed by atoms with Crippen LogP contribution in [0.15, 0.2) is 27.1 Å². The minimum Gasteiger partial charge on any atom is -0.380 e. The number of ether oxygens (including phenoxy) is 1. The summed E-state index contributed by atoms with van der Waals surface area (Å²) in [5.74, 6) is 0. The summed E-state index contributed by atoms with van der Waals surface area (Å²) in [6.07, 6.45) is 0. The number of hydrogen-bond donors (Lipinski definition) is 1. The molecule has 4 heteroatoms. The first-order valence-electron chi connectivity index (χ1n) is 5.38. The van der Waals surface area contributed by atoms with Crippen molar-refractivity contribution >= 4 is 31.9 Å². The fourth-order valence-electron chi connectivity index (χ4n) is 1.30. The normalized spacial score (nSPS) is 12.8. The van der Waals surface area contributed by atoms with E-state index in [-0.39, 0.29) is 0 Å². The highest BCUT2D eigenvalue weighted by molar-refractivity contribution is 9.13. The van der Waals surface area contributed by atoms with Gasteiger partial charge in [0.25, 0.3) is 0 Å². The molecule has 0 radical (unpaired) electrons. The maximum Gasteiger partial charge on any atom is 0.0616 e. The molecule has 1 unspecified atom stereocenters. The average molecular weight is 351 g/mol. The molecule has 0 spiro atoms. The van der Waals surface area contributed by atoms with E-state index in [9.17, 15) is 0 Å². The first kappa shape index (κ1) is 14.2.